The standard InChI is InChI=1S/C19H32N2/c1-14(2)12-19(9-4-5-10-19)13-21-15(3)11-16-17(20)7-6-8-18(16)21/h11,14,17H,4-10,12-13,20H2,1-3H3. The van der Waals surface area contributed by atoms with Crippen LogP contribution in [0.3, 0.4) is 0 Å². The van der Waals surface area contributed by atoms with Gasteiger partial charge in [-0.3, -0.25) is 0 Å². The number of hydrogen-bond donors (Lipinski definition) is 1. The molecule has 0 bridgehead atoms. The zero-order valence-electron chi connectivity index (χ0n) is 14.1. The number of aryl methyl sites for hydroxylation is 1. The molecule has 2 N–H and O–H groups in total. The first-order valence-electron chi connectivity index (χ1n) is 8.95. The van der Waals surface area contributed by atoms with E-state index in [9.17, 15) is 0 Å². The van der Waals surface area contributed by atoms with Crippen molar-refractivity contribution in [3.63, 3.8) is 0 Å². The van der Waals surface area contributed by atoms with Gasteiger partial charge in [0, 0.05) is 24.0 Å². The molecule has 1 aromatic rings. The Hall–Kier alpha value is -0.760. The number of rotatable bonds is 4. The molecule has 1 saturated carbocycles. The molecule has 1 heterocycles. The predicted octanol–water partition coefficient (Wildman–Crippen LogP) is 4.74. The highest BCUT2D eigenvalue weighted by Crippen LogP contribution is 2.45. The average Bonchev–Trinajstić information content (AvgIpc) is 2.97. The Morgan fingerprint density at radius 1 is 1.29 bits per heavy atom. The minimum atomic E-state index is 0.276. The van der Waals surface area contributed by atoms with Crippen molar-refractivity contribution in [2.24, 2.45) is 17.1 Å². The molecule has 0 amide bonds. The van der Waals surface area contributed by atoms with Gasteiger partial charge in [0.15, 0.2) is 0 Å². The molecule has 3 rings (SSSR count). The first-order valence-corrected chi connectivity index (χ1v) is 8.95. The fourth-order valence-corrected chi connectivity index (χ4v) is 4.97. The van der Waals surface area contributed by atoms with Gasteiger partial charge in [0.05, 0.1) is 0 Å². The average molecular weight is 288 g/mol. The van der Waals surface area contributed by atoms with Gasteiger partial charge in [0.1, 0.15) is 0 Å². The quantitative estimate of drug-likeness (QED) is 0.852. The Kier molecular flexibility index (Phi) is 4.18. The van der Waals surface area contributed by atoms with Gasteiger partial charge in [-0.25, -0.2) is 0 Å². The summed E-state index contributed by atoms with van der Waals surface area (Å²) in [5.74, 6) is 0.803. The summed E-state index contributed by atoms with van der Waals surface area (Å²) in [6, 6.07) is 2.65. The first kappa shape index (κ1) is 15.1. The van der Waals surface area contributed by atoms with Crippen molar-refractivity contribution in [2.45, 2.75) is 84.7 Å². The molecule has 2 nitrogen and oxygen atoms in total. The molecular weight excluding hydrogens is 256 g/mol. The summed E-state index contributed by atoms with van der Waals surface area (Å²) < 4.78 is 2.64. The second-order valence-electron chi connectivity index (χ2n) is 8.08. The van der Waals surface area contributed by atoms with E-state index < -0.39 is 0 Å². The summed E-state index contributed by atoms with van der Waals surface area (Å²) in [6.07, 6.45) is 10.7. The maximum atomic E-state index is 6.34. The smallest absolute Gasteiger partial charge is 0.0313 e. The Morgan fingerprint density at radius 3 is 2.67 bits per heavy atom. The van der Waals surface area contributed by atoms with E-state index in [0.29, 0.717) is 5.41 Å². The highest BCUT2D eigenvalue weighted by Gasteiger charge is 2.36. The lowest BCUT2D eigenvalue weighted by Crippen LogP contribution is -2.28. The molecule has 21 heavy (non-hydrogen) atoms. The molecule has 0 spiro atoms. The van der Waals surface area contributed by atoms with Gasteiger partial charge >= 0.3 is 0 Å². The molecule has 1 atom stereocenters. The van der Waals surface area contributed by atoms with Crippen LogP contribution < -0.4 is 5.73 Å². The van der Waals surface area contributed by atoms with Crippen LogP contribution in [0.5, 0.6) is 0 Å². The van der Waals surface area contributed by atoms with E-state index in [0.717, 1.165) is 12.3 Å². The largest absolute Gasteiger partial charge is 0.348 e. The summed E-state index contributed by atoms with van der Waals surface area (Å²) in [5, 5.41) is 0. The van der Waals surface area contributed by atoms with Crippen LogP contribution in [-0.2, 0) is 13.0 Å². The molecule has 0 aromatic carbocycles. The zero-order valence-corrected chi connectivity index (χ0v) is 14.1. The van der Waals surface area contributed by atoms with Gasteiger partial charge in [-0.05, 0) is 68.4 Å². The highest BCUT2D eigenvalue weighted by molar-refractivity contribution is 5.32. The lowest BCUT2D eigenvalue weighted by Gasteiger charge is -2.33. The lowest BCUT2D eigenvalue weighted by atomic mass is 9.78. The molecule has 1 aromatic heterocycles. The van der Waals surface area contributed by atoms with E-state index in [2.05, 4.69) is 31.4 Å². The van der Waals surface area contributed by atoms with Gasteiger partial charge in [0.25, 0.3) is 0 Å². The van der Waals surface area contributed by atoms with Crippen LogP contribution in [0.1, 0.15) is 81.8 Å². The van der Waals surface area contributed by atoms with E-state index >= 15 is 0 Å². The van der Waals surface area contributed by atoms with Crippen LogP contribution in [0.4, 0.5) is 0 Å². The Balaban J connectivity index is 1.90. The van der Waals surface area contributed by atoms with E-state index in [1.165, 1.54) is 62.7 Å². The molecule has 2 aliphatic rings. The Labute approximate surface area is 130 Å². The van der Waals surface area contributed by atoms with Gasteiger partial charge in [-0.1, -0.05) is 26.7 Å². The minimum absolute atomic E-state index is 0.276. The monoisotopic (exact) mass is 288 g/mol. The second kappa shape index (κ2) is 5.79. The van der Waals surface area contributed by atoms with Gasteiger partial charge in [0.2, 0.25) is 0 Å². The molecule has 2 aliphatic carbocycles. The lowest BCUT2D eigenvalue weighted by molar-refractivity contribution is 0.193. The number of hydrogen-bond acceptors (Lipinski definition) is 1. The van der Waals surface area contributed by atoms with Gasteiger partial charge in [-0.2, -0.15) is 0 Å². The van der Waals surface area contributed by atoms with Crippen molar-refractivity contribution >= 4 is 0 Å². The van der Waals surface area contributed by atoms with E-state index in [1.54, 1.807) is 5.69 Å². The fraction of sp³-hybridized carbons (Fsp3) is 0.789. The molecular formula is C19H32N2. The number of aromatic nitrogens is 1. The minimum Gasteiger partial charge on any atom is -0.348 e. The Bertz CT molecular complexity index is 492. The summed E-state index contributed by atoms with van der Waals surface area (Å²) in [7, 11) is 0. The summed E-state index contributed by atoms with van der Waals surface area (Å²) in [6.45, 7) is 8.28. The van der Waals surface area contributed by atoms with Gasteiger partial charge in [-0.15, -0.1) is 0 Å². The number of nitrogens with two attached hydrogens (primary N) is 1. The molecule has 2 heteroatoms. The van der Waals surface area contributed by atoms with E-state index in [4.69, 9.17) is 5.73 Å². The molecule has 0 aliphatic heterocycles. The SMILES string of the molecule is Cc1cc2c(n1CC1(CC(C)C)CCCC1)CCCC2N. The van der Waals surface area contributed by atoms with Crippen molar-refractivity contribution in [3.05, 3.63) is 23.0 Å². The topological polar surface area (TPSA) is 30.9 Å². The number of fused-ring (bicyclic) bond motifs is 1. The van der Waals surface area contributed by atoms with Crippen molar-refractivity contribution < 1.29 is 0 Å². The van der Waals surface area contributed by atoms with Crippen molar-refractivity contribution in [2.75, 3.05) is 0 Å². The third kappa shape index (κ3) is 2.92. The maximum absolute atomic E-state index is 6.34. The maximum Gasteiger partial charge on any atom is 0.0313 e. The van der Waals surface area contributed by atoms with Crippen molar-refractivity contribution in [3.8, 4) is 0 Å². The molecule has 1 fully saturated rings. The molecule has 1 unspecified atom stereocenters. The summed E-state index contributed by atoms with van der Waals surface area (Å²) in [4.78, 5) is 0. The van der Waals surface area contributed by atoms with E-state index in [1.807, 2.05) is 0 Å². The van der Waals surface area contributed by atoms with Crippen LogP contribution in [-0.4, -0.2) is 4.57 Å². The van der Waals surface area contributed by atoms with Gasteiger partial charge < -0.3 is 10.3 Å². The van der Waals surface area contributed by atoms with Crippen molar-refractivity contribution in [1.29, 1.82) is 0 Å². The second-order valence-corrected chi connectivity index (χ2v) is 8.08. The zero-order chi connectivity index (χ0) is 15.0. The van der Waals surface area contributed by atoms with Crippen LogP contribution in [0.2, 0.25) is 0 Å². The summed E-state index contributed by atoms with van der Waals surface area (Å²) in [5.41, 5.74) is 11.3. The third-order valence-corrected chi connectivity index (χ3v) is 5.78. The van der Waals surface area contributed by atoms with Crippen LogP contribution in [0.25, 0.3) is 0 Å². The fourth-order valence-electron chi connectivity index (χ4n) is 4.97. The number of nitrogens with zero attached hydrogens (tertiary/aromatic N) is 1. The van der Waals surface area contributed by atoms with E-state index in [-0.39, 0.29) is 6.04 Å². The summed E-state index contributed by atoms with van der Waals surface area (Å²) >= 11 is 0. The molecule has 0 radical (unpaired) electrons. The first-order chi connectivity index (χ1) is 10.0. The van der Waals surface area contributed by atoms with Crippen molar-refractivity contribution in [1.82, 2.24) is 4.57 Å². The highest BCUT2D eigenvalue weighted by atomic mass is 15.0. The van der Waals surface area contributed by atoms with Crippen LogP contribution in [0, 0.1) is 18.3 Å². The van der Waals surface area contributed by atoms with Crippen LogP contribution in [0.15, 0.2) is 6.07 Å². The normalized spacial score (nSPS) is 24.5. The predicted molar refractivity (Wildman–Crippen MR) is 89.4 cm³/mol. The molecule has 0 saturated heterocycles. The molecule has 118 valence electrons. The van der Waals surface area contributed by atoms with Crippen LogP contribution >= 0.6 is 0 Å². The Morgan fingerprint density at radius 2 is 2.00 bits per heavy atom. The third-order valence-electron chi connectivity index (χ3n) is 5.78.